The van der Waals surface area contributed by atoms with E-state index in [1.165, 1.54) is 12.8 Å². The van der Waals surface area contributed by atoms with E-state index in [9.17, 15) is 5.11 Å². The van der Waals surface area contributed by atoms with Crippen molar-refractivity contribution in [3.8, 4) is 28.1 Å². The second-order valence-electron chi connectivity index (χ2n) is 7.62. The van der Waals surface area contributed by atoms with Crippen LogP contribution in [-0.4, -0.2) is 55.7 Å². The lowest BCUT2D eigenvalue weighted by atomic mass is 10.0. The molecular formula is C20H23N7O. The van der Waals surface area contributed by atoms with E-state index in [0.717, 1.165) is 36.7 Å². The van der Waals surface area contributed by atoms with Crippen LogP contribution < -0.4 is 10.2 Å². The molecule has 8 nitrogen and oxygen atoms in total. The molecule has 0 radical (unpaired) electrons. The van der Waals surface area contributed by atoms with Gasteiger partial charge in [-0.3, -0.25) is 4.68 Å². The molecule has 1 aromatic carbocycles. The number of aromatic nitrogens is 5. The molecule has 144 valence electrons. The number of phenols is 1. The minimum atomic E-state index is 0.154. The maximum Gasteiger partial charge on any atom is 0.245 e. The third-order valence-electron chi connectivity index (χ3n) is 5.54. The van der Waals surface area contributed by atoms with Crippen LogP contribution in [0.15, 0.2) is 36.8 Å². The van der Waals surface area contributed by atoms with E-state index in [4.69, 9.17) is 0 Å². The number of hydrogen-bond acceptors (Lipinski definition) is 7. The molecule has 5 rings (SSSR count). The van der Waals surface area contributed by atoms with Gasteiger partial charge in [-0.25, -0.2) is 4.98 Å². The number of benzene rings is 1. The fourth-order valence-electron chi connectivity index (χ4n) is 3.81. The standard InChI is InChI=1S/C20H23N7O/c1-26-11-15(9-23-26)14-4-5-16(19(28)8-14)17-10-22-20(25-24-17)27-7-6-21-18(12-27)13-2-3-13/h4-5,8-11,13,18,21,28H,2-3,6-7,12H2,1H3. The first kappa shape index (κ1) is 17.1. The first-order chi connectivity index (χ1) is 13.7. The Labute approximate surface area is 163 Å². The van der Waals surface area contributed by atoms with Gasteiger partial charge in [0.1, 0.15) is 11.4 Å². The van der Waals surface area contributed by atoms with Crippen LogP contribution in [0.1, 0.15) is 12.8 Å². The molecule has 2 N–H and O–H groups in total. The van der Waals surface area contributed by atoms with Gasteiger partial charge >= 0.3 is 0 Å². The quantitative estimate of drug-likeness (QED) is 0.717. The summed E-state index contributed by atoms with van der Waals surface area (Å²) in [5.74, 6) is 1.61. The normalized spacial score (nSPS) is 19.8. The fraction of sp³-hybridized carbons (Fsp3) is 0.400. The van der Waals surface area contributed by atoms with Gasteiger partial charge in [0.25, 0.3) is 0 Å². The van der Waals surface area contributed by atoms with Crippen LogP contribution in [0, 0.1) is 5.92 Å². The summed E-state index contributed by atoms with van der Waals surface area (Å²) in [7, 11) is 1.87. The number of nitrogens with one attached hydrogen (secondary N) is 1. The van der Waals surface area contributed by atoms with Gasteiger partial charge in [-0.2, -0.15) is 5.10 Å². The van der Waals surface area contributed by atoms with Gasteiger partial charge in [0.05, 0.1) is 12.4 Å². The van der Waals surface area contributed by atoms with Crippen LogP contribution >= 0.6 is 0 Å². The molecule has 8 heteroatoms. The molecular weight excluding hydrogens is 354 g/mol. The van der Waals surface area contributed by atoms with E-state index in [-0.39, 0.29) is 5.75 Å². The first-order valence-electron chi connectivity index (χ1n) is 9.68. The Morgan fingerprint density at radius 2 is 2.04 bits per heavy atom. The van der Waals surface area contributed by atoms with Crippen molar-refractivity contribution >= 4 is 5.95 Å². The fourth-order valence-corrected chi connectivity index (χ4v) is 3.81. The zero-order valence-electron chi connectivity index (χ0n) is 15.8. The number of rotatable bonds is 4. The van der Waals surface area contributed by atoms with Crippen LogP contribution in [0.3, 0.4) is 0 Å². The highest BCUT2D eigenvalue weighted by atomic mass is 16.3. The maximum atomic E-state index is 10.5. The summed E-state index contributed by atoms with van der Waals surface area (Å²) in [6, 6.07) is 6.04. The predicted octanol–water partition coefficient (Wildman–Crippen LogP) is 1.83. The minimum Gasteiger partial charge on any atom is -0.507 e. The monoisotopic (exact) mass is 377 g/mol. The first-order valence-corrected chi connectivity index (χ1v) is 9.68. The molecule has 0 spiro atoms. The van der Waals surface area contributed by atoms with Crippen LogP contribution in [0.25, 0.3) is 22.4 Å². The van der Waals surface area contributed by atoms with Crippen molar-refractivity contribution < 1.29 is 5.11 Å². The summed E-state index contributed by atoms with van der Waals surface area (Å²) < 4.78 is 1.73. The lowest BCUT2D eigenvalue weighted by molar-refractivity contribution is 0.414. The van der Waals surface area contributed by atoms with Gasteiger partial charge in [0.2, 0.25) is 5.95 Å². The van der Waals surface area contributed by atoms with Crippen LogP contribution in [0.2, 0.25) is 0 Å². The van der Waals surface area contributed by atoms with E-state index in [2.05, 4.69) is 30.5 Å². The van der Waals surface area contributed by atoms with Gasteiger partial charge in [-0.05, 0) is 36.5 Å². The number of aryl methyl sites for hydroxylation is 1. The van der Waals surface area contributed by atoms with Crippen molar-refractivity contribution in [2.75, 3.05) is 24.5 Å². The summed E-state index contributed by atoms with van der Waals surface area (Å²) >= 11 is 0. The Morgan fingerprint density at radius 3 is 2.71 bits per heavy atom. The van der Waals surface area contributed by atoms with E-state index in [1.807, 2.05) is 25.4 Å². The Hall–Kier alpha value is -3.00. The Bertz CT molecular complexity index is 980. The molecule has 1 saturated carbocycles. The van der Waals surface area contributed by atoms with Crippen LogP contribution in [-0.2, 0) is 7.05 Å². The molecule has 3 aromatic rings. The molecule has 28 heavy (non-hydrogen) atoms. The molecule has 1 saturated heterocycles. The van der Waals surface area contributed by atoms with Crippen molar-refractivity contribution in [3.05, 3.63) is 36.8 Å². The summed E-state index contributed by atoms with van der Waals surface area (Å²) in [5, 5.41) is 26.9. The van der Waals surface area contributed by atoms with Gasteiger partial charge in [0, 0.05) is 50.0 Å². The topological polar surface area (TPSA) is 92.0 Å². The zero-order valence-corrected chi connectivity index (χ0v) is 15.8. The van der Waals surface area contributed by atoms with Crippen molar-refractivity contribution in [3.63, 3.8) is 0 Å². The second-order valence-corrected chi connectivity index (χ2v) is 7.62. The Balaban J connectivity index is 1.35. The number of phenolic OH excluding ortho intramolecular Hbond substituents is 1. The average Bonchev–Trinajstić information content (AvgIpc) is 3.49. The van der Waals surface area contributed by atoms with Crippen molar-refractivity contribution in [2.45, 2.75) is 18.9 Å². The summed E-state index contributed by atoms with van der Waals surface area (Å²) in [5.41, 5.74) is 3.04. The number of anilines is 1. The molecule has 0 bridgehead atoms. The third-order valence-corrected chi connectivity index (χ3v) is 5.54. The summed E-state index contributed by atoms with van der Waals surface area (Å²) in [6.45, 7) is 2.76. The molecule has 2 fully saturated rings. The number of piperazine rings is 1. The molecule has 1 unspecified atom stereocenters. The van der Waals surface area contributed by atoms with E-state index in [1.54, 1.807) is 23.1 Å². The molecule has 1 atom stereocenters. The predicted molar refractivity (Wildman–Crippen MR) is 106 cm³/mol. The van der Waals surface area contributed by atoms with E-state index in [0.29, 0.717) is 23.2 Å². The third kappa shape index (κ3) is 3.31. The van der Waals surface area contributed by atoms with E-state index >= 15 is 0 Å². The highest BCUT2D eigenvalue weighted by Crippen LogP contribution is 2.34. The molecule has 1 aliphatic carbocycles. The smallest absolute Gasteiger partial charge is 0.245 e. The van der Waals surface area contributed by atoms with Crippen LogP contribution in [0.4, 0.5) is 5.95 Å². The van der Waals surface area contributed by atoms with Crippen molar-refractivity contribution in [1.29, 1.82) is 0 Å². The van der Waals surface area contributed by atoms with Gasteiger partial charge in [-0.15, -0.1) is 10.2 Å². The molecule has 2 aromatic heterocycles. The van der Waals surface area contributed by atoms with E-state index < -0.39 is 0 Å². The minimum absolute atomic E-state index is 0.154. The van der Waals surface area contributed by atoms with Crippen molar-refractivity contribution in [2.24, 2.45) is 13.0 Å². The molecule has 0 amide bonds. The zero-order chi connectivity index (χ0) is 19.1. The van der Waals surface area contributed by atoms with Crippen LogP contribution in [0.5, 0.6) is 5.75 Å². The number of nitrogens with zero attached hydrogens (tertiary/aromatic N) is 6. The highest BCUT2D eigenvalue weighted by molar-refractivity contribution is 5.73. The van der Waals surface area contributed by atoms with Gasteiger partial charge < -0.3 is 15.3 Å². The maximum absolute atomic E-state index is 10.5. The molecule has 3 heterocycles. The SMILES string of the molecule is Cn1cc(-c2ccc(-c3cnc(N4CCNC(C5CC5)C4)nn3)c(O)c2)cn1. The lowest BCUT2D eigenvalue weighted by Gasteiger charge is -2.33. The Morgan fingerprint density at radius 1 is 1.14 bits per heavy atom. The average molecular weight is 377 g/mol. The summed E-state index contributed by atoms with van der Waals surface area (Å²) in [6.07, 6.45) is 8.00. The highest BCUT2D eigenvalue weighted by Gasteiger charge is 2.34. The van der Waals surface area contributed by atoms with Gasteiger partial charge in [-0.1, -0.05) is 6.07 Å². The lowest BCUT2D eigenvalue weighted by Crippen LogP contribution is -2.52. The molecule has 2 aliphatic rings. The second kappa shape index (κ2) is 6.87. The number of aromatic hydroxyl groups is 1. The Kier molecular flexibility index (Phi) is 4.20. The number of hydrogen-bond donors (Lipinski definition) is 2. The molecule has 1 aliphatic heterocycles. The van der Waals surface area contributed by atoms with Crippen molar-refractivity contribution in [1.82, 2.24) is 30.3 Å². The summed E-state index contributed by atoms with van der Waals surface area (Å²) in [4.78, 5) is 6.71. The van der Waals surface area contributed by atoms with Gasteiger partial charge in [0.15, 0.2) is 0 Å². The largest absolute Gasteiger partial charge is 0.507 e.